The molecular formula is C18H28N6O11. The number of nitrogens with two attached hydrogens (primary N) is 3. The summed E-state index contributed by atoms with van der Waals surface area (Å²) in [5.74, 6) is -9.72. The monoisotopic (exact) mass is 504 g/mol. The van der Waals surface area contributed by atoms with Crippen LogP contribution in [-0.2, 0) is 38.4 Å². The molecule has 35 heavy (non-hydrogen) atoms. The van der Waals surface area contributed by atoms with Gasteiger partial charge in [0.15, 0.2) is 0 Å². The number of carboxylic acids is 3. The minimum absolute atomic E-state index is 0.294. The predicted octanol–water partition coefficient (Wildman–Crippen LogP) is -4.67. The first-order valence-electron chi connectivity index (χ1n) is 10.0. The maximum atomic E-state index is 12.7. The van der Waals surface area contributed by atoms with Crippen molar-refractivity contribution in [1.82, 2.24) is 16.0 Å². The molecular weight excluding hydrogens is 476 g/mol. The fraction of sp³-hybridized carbons (Fsp3) is 0.556. The molecule has 0 aromatic carbocycles. The van der Waals surface area contributed by atoms with E-state index in [0.717, 1.165) is 0 Å². The standard InChI is InChI=1S/C18H28N6O11/c19-7(1-3-13(27)28)15(31)22-8(2-4-14(29)30)16(32)23-9(5-11(20)25)17(33)24-10(18(34)35)6-12(21)26/h7-10H,1-6,19H2,(H2,20,25)(H2,21,26)(H,22,31)(H,23,32)(H,24,33)(H,27,28)(H,29,30)(H,34,35). The van der Waals surface area contributed by atoms with Crippen molar-refractivity contribution in [2.24, 2.45) is 17.2 Å². The average Bonchev–Trinajstić information content (AvgIpc) is 2.72. The normalized spacial score (nSPS) is 13.9. The van der Waals surface area contributed by atoms with Crippen molar-refractivity contribution < 1.29 is 53.7 Å². The van der Waals surface area contributed by atoms with Gasteiger partial charge in [0.25, 0.3) is 0 Å². The number of rotatable bonds is 17. The summed E-state index contributed by atoms with van der Waals surface area (Å²) in [6.07, 6.45) is -3.48. The zero-order valence-corrected chi connectivity index (χ0v) is 18.4. The molecule has 0 bridgehead atoms. The summed E-state index contributed by atoms with van der Waals surface area (Å²) in [4.78, 5) is 92.5. The number of hydrogen-bond acceptors (Lipinski definition) is 9. The zero-order valence-electron chi connectivity index (χ0n) is 18.4. The third-order valence-corrected chi connectivity index (χ3v) is 4.34. The molecule has 12 N–H and O–H groups in total. The lowest BCUT2D eigenvalue weighted by atomic mass is 10.1. The van der Waals surface area contributed by atoms with Gasteiger partial charge < -0.3 is 48.5 Å². The molecule has 17 nitrogen and oxygen atoms in total. The Bertz CT molecular complexity index is 862. The number of amides is 5. The predicted molar refractivity (Wildman–Crippen MR) is 113 cm³/mol. The molecule has 0 radical (unpaired) electrons. The molecule has 0 saturated carbocycles. The Labute approximate surface area is 197 Å². The minimum Gasteiger partial charge on any atom is -0.481 e. The smallest absolute Gasteiger partial charge is 0.326 e. The Morgan fingerprint density at radius 2 is 1.00 bits per heavy atom. The molecule has 0 spiro atoms. The SMILES string of the molecule is NC(=O)CC(NC(=O)C(CC(N)=O)NC(=O)C(CCC(=O)O)NC(=O)C(N)CCC(=O)O)C(=O)O. The van der Waals surface area contributed by atoms with Crippen LogP contribution in [0.15, 0.2) is 0 Å². The van der Waals surface area contributed by atoms with Gasteiger partial charge in [-0.3, -0.25) is 33.6 Å². The molecule has 0 aliphatic heterocycles. The molecule has 0 heterocycles. The van der Waals surface area contributed by atoms with E-state index in [1.807, 2.05) is 5.32 Å². The Balaban J connectivity index is 5.59. The van der Waals surface area contributed by atoms with E-state index < -0.39 is 104 Å². The third-order valence-electron chi connectivity index (χ3n) is 4.34. The second-order valence-electron chi connectivity index (χ2n) is 7.33. The lowest BCUT2D eigenvalue weighted by Gasteiger charge is -2.24. The number of carbonyl (C=O) groups excluding carboxylic acids is 5. The van der Waals surface area contributed by atoms with E-state index in [9.17, 15) is 38.4 Å². The molecule has 0 aliphatic rings. The summed E-state index contributed by atoms with van der Waals surface area (Å²) >= 11 is 0. The van der Waals surface area contributed by atoms with Crippen LogP contribution in [0.2, 0.25) is 0 Å². The Morgan fingerprint density at radius 3 is 1.46 bits per heavy atom. The first-order valence-corrected chi connectivity index (χ1v) is 10.0. The molecule has 0 saturated heterocycles. The quantitative estimate of drug-likeness (QED) is 0.0902. The lowest BCUT2D eigenvalue weighted by Crippen LogP contribution is -2.58. The van der Waals surface area contributed by atoms with Crippen LogP contribution in [0.25, 0.3) is 0 Å². The fourth-order valence-corrected chi connectivity index (χ4v) is 2.58. The van der Waals surface area contributed by atoms with Crippen LogP contribution < -0.4 is 33.2 Å². The van der Waals surface area contributed by atoms with Gasteiger partial charge in [0.1, 0.15) is 18.1 Å². The molecule has 0 aromatic heterocycles. The summed E-state index contributed by atoms with van der Waals surface area (Å²) < 4.78 is 0. The van der Waals surface area contributed by atoms with E-state index >= 15 is 0 Å². The number of nitrogens with one attached hydrogen (secondary N) is 3. The number of primary amides is 2. The molecule has 196 valence electrons. The molecule has 4 atom stereocenters. The highest BCUT2D eigenvalue weighted by Gasteiger charge is 2.32. The van der Waals surface area contributed by atoms with E-state index in [0.29, 0.717) is 0 Å². The van der Waals surface area contributed by atoms with E-state index in [-0.39, 0.29) is 6.42 Å². The second kappa shape index (κ2) is 14.8. The molecule has 0 aliphatic carbocycles. The van der Waals surface area contributed by atoms with Crippen LogP contribution in [0, 0.1) is 0 Å². The number of carbonyl (C=O) groups is 8. The van der Waals surface area contributed by atoms with E-state index in [1.54, 1.807) is 0 Å². The largest absolute Gasteiger partial charge is 0.481 e. The maximum absolute atomic E-state index is 12.7. The van der Waals surface area contributed by atoms with Crippen LogP contribution in [0.3, 0.4) is 0 Å². The number of aliphatic carboxylic acids is 3. The topological polar surface area (TPSA) is 311 Å². The van der Waals surface area contributed by atoms with Crippen LogP contribution in [-0.4, -0.2) is 86.9 Å². The maximum Gasteiger partial charge on any atom is 0.326 e. The van der Waals surface area contributed by atoms with Crippen LogP contribution in [0.4, 0.5) is 0 Å². The van der Waals surface area contributed by atoms with Gasteiger partial charge in [0, 0.05) is 12.8 Å². The van der Waals surface area contributed by atoms with Gasteiger partial charge >= 0.3 is 17.9 Å². The highest BCUT2D eigenvalue weighted by Crippen LogP contribution is 2.04. The van der Waals surface area contributed by atoms with Gasteiger partial charge in [0.2, 0.25) is 29.5 Å². The number of carboxylic acid groups (broad SMARTS) is 3. The zero-order chi connectivity index (χ0) is 27.3. The third kappa shape index (κ3) is 13.1. The highest BCUT2D eigenvalue weighted by atomic mass is 16.4. The van der Waals surface area contributed by atoms with Crippen LogP contribution in [0.1, 0.15) is 38.5 Å². The van der Waals surface area contributed by atoms with Gasteiger partial charge in [-0.15, -0.1) is 0 Å². The van der Waals surface area contributed by atoms with Crippen molar-refractivity contribution in [2.45, 2.75) is 62.7 Å². The summed E-state index contributed by atoms with van der Waals surface area (Å²) in [6.45, 7) is 0. The average molecular weight is 504 g/mol. The molecule has 0 aromatic rings. The summed E-state index contributed by atoms with van der Waals surface area (Å²) in [6, 6.07) is -6.50. The van der Waals surface area contributed by atoms with Gasteiger partial charge in [-0.05, 0) is 12.8 Å². The highest BCUT2D eigenvalue weighted by molar-refractivity contribution is 5.97. The second-order valence-corrected chi connectivity index (χ2v) is 7.33. The van der Waals surface area contributed by atoms with Crippen molar-refractivity contribution in [3.63, 3.8) is 0 Å². The molecule has 0 fully saturated rings. The fourth-order valence-electron chi connectivity index (χ4n) is 2.58. The Hall–Kier alpha value is -4.28. The van der Waals surface area contributed by atoms with Crippen LogP contribution in [0.5, 0.6) is 0 Å². The first kappa shape index (κ1) is 30.7. The molecule has 0 rings (SSSR count). The molecule has 5 amide bonds. The van der Waals surface area contributed by atoms with Gasteiger partial charge in [-0.1, -0.05) is 0 Å². The van der Waals surface area contributed by atoms with Crippen molar-refractivity contribution in [1.29, 1.82) is 0 Å². The first-order chi connectivity index (χ1) is 16.1. The Morgan fingerprint density at radius 1 is 0.600 bits per heavy atom. The summed E-state index contributed by atoms with van der Waals surface area (Å²) in [5.41, 5.74) is 15.5. The van der Waals surface area contributed by atoms with E-state index in [4.69, 9.17) is 32.5 Å². The molecule has 4 unspecified atom stereocenters. The van der Waals surface area contributed by atoms with Crippen molar-refractivity contribution in [3.05, 3.63) is 0 Å². The number of hydrogen-bond donors (Lipinski definition) is 9. The lowest BCUT2D eigenvalue weighted by molar-refractivity contribution is -0.144. The van der Waals surface area contributed by atoms with Crippen molar-refractivity contribution in [3.8, 4) is 0 Å². The Kier molecular flexibility index (Phi) is 13.0. The van der Waals surface area contributed by atoms with Crippen molar-refractivity contribution in [2.75, 3.05) is 0 Å². The van der Waals surface area contributed by atoms with Crippen molar-refractivity contribution >= 4 is 47.4 Å². The molecule has 17 heteroatoms. The summed E-state index contributed by atoms with van der Waals surface area (Å²) in [7, 11) is 0. The minimum atomic E-state index is -1.79. The van der Waals surface area contributed by atoms with Gasteiger partial charge in [0.05, 0.1) is 18.9 Å². The van der Waals surface area contributed by atoms with Gasteiger partial charge in [-0.2, -0.15) is 0 Å². The summed E-state index contributed by atoms with van der Waals surface area (Å²) in [5, 5.41) is 32.8. The van der Waals surface area contributed by atoms with Crippen LogP contribution >= 0.6 is 0 Å². The van der Waals surface area contributed by atoms with E-state index in [1.165, 1.54) is 0 Å². The van der Waals surface area contributed by atoms with E-state index in [2.05, 4.69) is 10.6 Å². The van der Waals surface area contributed by atoms with Gasteiger partial charge in [-0.25, -0.2) is 4.79 Å².